The van der Waals surface area contributed by atoms with Gasteiger partial charge in [-0.25, -0.2) is 0 Å². The summed E-state index contributed by atoms with van der Waals surface area (Å²) >= 11 is 1.40. The first-order valence-corrected chi connectivity index (χ1v) is 14.4. The molecule has 3 amide bonds. The number of anilines is 3. The fourth-order valence-electron chi connectivity index (χ4n) is 3.98. The maximum absolute atomic E-state index is 13.3. The number of hydrogen-bond donors (Lipinski definition) is 3. The molecule has 0 aromatic heterocycles. The van der Waals surface area contributed by atoms with Crippen molar-refractivity contribution in [3.8, 4) is 0 Å². The molecule has 4 aromatic rings. The molecule has 0 saturated carbocycles. The van der Waals surface area contributed by atoms with Gasteiger partial charge >= 0.3 is 0 Å². The maximum atomic E-state index is 13.3. The highest BCUT2D eigenvalue weighted by molar-refractivity contribution is 8.00. The van der Waals surface area contributed by atoms with E-state index in [1.165, 1.54) is 17.3 Å². The van der Waals surface area contributed by atoms with E-state index in [9.17, 15) is 14.4 Å². The van der Waals surface area contributed by atoms with Crippen molar-refractivity contribution in [2.75, 3.05) is 35.4 Å². The summed E-state index contributed by atoms with van der Waals surface area (Å²) in [5.74, 6) is -0.677. The quantitative estimate of drug-likeness (QED) is 0.147. The summed E-state index contributed by atoms with van der Waals surface area (Å²) in [6.45, 7) is 4.04. The van der Waals surface area contributed by atoms with Crippen LogP contribution in [-0.2, 0) is 9.59 Å². The molecule has 214 valence electrons. The van der Waals surface area contributed by atoms with E-state index >= 15 is 0 Å². The molecule has 0 heterocycles. The molecule has 0 bridgehead atoms. The van der Waals surface area contributed by atoms with Gasteiger partial charge in [-0.2, -0.15) is 0 Å². The summed E-state index contributed by atoms with van der Waals surface area (Å²) in [4.78, 5) is 41.5. The average Bonchev–Trinajstić information content (AvgIpc) is 2.99. The van der Waals surface area contributed by atoms with Gasteiger partial charge in [0.1, 0.15) is 5.70 Å². The van der Waals surface area contributed by atoms with Crippen LogP contribution in [0.2, 0.25) is 0 Å². The van der Waals surface area contributed by atoms with Crippen molar-refractivity contribution < 1.29 is 14.4 Å². The molecule has 0 aliphatic rings. The first kappa shape index (κ1) is 30.1. The highest BCUT2D eigenvalue weighted by Crippen LogP contribution is 2.22. The summed E-state index contributed by atoms with van der Waals surface area (Å²) in [6, 6.07) is 29.5. The van der Waals surface area contributed by atoms with E-state index in [0.29, 0.717) is 11.3 Å². The molecule has 8 heteroatoms. The topological polar surface area (TPSA) is 90.5 Å². The van der Waals surface area contributed by atoms with Crippen molar-refractivity contribution in [2.24, 2.45) is 0 Å². The predicted molar refractivity (Wildman–Crippen MR) is 173 cm³/mol. The van der Waals surface area contributed by atoms with Gasteiger partial charge in [0.25, 0.3) is 11.8 Å². The summed E-state index contributed by atoms with van der Waals surface area (Å²) in [6.07, 6.45) is 1.65. The van der Waals surface area contributed by atoms with Crippen LogP contribution in [0, 0.1) is 13.8 Å². The van der Waals surface area contributed by atoms with Crippen LogP contribution in [0.4, 0.5) is 17.1 Å². The Balaban J connectivity index is 1.41. The minimum absolute atomic E-state index is 0.0943. The number of hydrogen-bond acceptors (Lipinski definition) is 5. The molecule has 0 unspecified atom stereocenters. The number of carbonyl (C=O) groups is 3. The van der Waals surface area contributed by atoms with E-state index in [1.54, 1.807) is 42.5 Å². The SMILES string of the molecule is Cc1ccc(NC(=O)CSc2ccc(NC(=O)/C(=C/c3ccc(N(C)C)cc3)NC(=O)c3ccccc3)cc2)cc1C. The Morgan fingerprint density at radius 1 is 0.762 bits per heavy atom. The zero-order valence-corrected chi connectivity index (χ0v) is 24.9. The second kappa shape index (κ2) is 14.2. The number of thioether (sulfide) groups is 1. The van der Waals surface area contributed by atoms with Crippen molar-refractivity contribution >= 4 is 52.6 Å². The molecule has 7 nitrogen and oxygen atoms in total. The molecule has 0 saturated heterocycles. The fourth-order valence-corrected chi connectivity index (χ4v) is 4.67. The normalized spacial score (nSPS) is 11.0. The minimum Gasteiger partial charge on any atom is -0.378 e. The van der Waals surface area contributed by atoms with E-state index in [1.807, 2.05) is 93.5 Å². The van der Waals surface area contributed by atoms with Gasteiger partial charge in [-0.15, -0.1) is 11.8 Å². The molecule has 42 heavy (non-hydrogen) atoms. The van der Waals surface area contributed by atoms with Gasteiger partial charge in [-0.05, 0) is 97.3 Å². The third-order valence-corrected chi connectivity index (χ3v) is 7.53. The van der Waals surface area contributed by atoms with Crippen molar-refractivity contribution in [1.82, 2.24) is 5.32 Å². The average molecular weight is 579 g/mol. The monoisotopic (exact) mass is 578 g/mol. The number of carbonyl (C=O) groups excluding carboxylic acids is 3. The lowest BCUT2D eigenvalue weighted by Gasteiger charge is -2.13. The summed E-state index contributed by atoms with van der Waals surface area (Å²) in [7, 11) is 3.91. The van der Waals surface area contributed by atoms with Gasteiger partial charge in [0.05, 0.1) is 5.75 Å². The predicted octanol–water partition coefficient (Wildman–Crippen LogP) is 6.51. The zero-order chi connectivity index (χ0) is 30.1. The molecule has 0 radical (unpaired) electrons. The minimum atomic E-state index is -0.455. The second-order valence-corrected chi connectivity index (χ2v) is 11.0. The van der Waals surface area contributed by atoms with Crippen molar-refractivity contribution in [3.05, 3.63) is 125 Å². The Morgan fingerprint density at radius 3 is 2.07 bits per heavy atom. The second-order valence-electron chi connectivity index (χ2n) is 9.98. The van der Waals surface area contributed by atoms with Crippen LogP contribution >= 0.6 is 11.8 Å². The lowest BCUT2D eigenvalue weighted by atomic mass is 10.1. The molecule has 3 N–H and O–H groups in total. The van der Waals surface area contributed by atoms with Crippen LogP contribution in [-0.4, -0.2) is 37.6 Å². The third kappa shape index (κ3) is 8.59. The van der Waals surface area contributed by atoms with Crippen LogP contribution in [0.25, 0.3) is 6.08 Å². The highest BCUT2D eigenvalue weighted by atomic mass is 32.2. The smallest absolute Gasteiger partial charge is 0.272 e. The van der Waals surface area contributed by atoms with Crippen molar-refractivity contribution in [1.29, 1.82) is 0 Å². The Labute approximate surface area is 251 Å². The van der Waals surface area contributed by atoms with Gasteiger partial charge in [0.15, 0.2) is 0 Å². The van der Waals surface area contributed by atoms with E-state index < -0.39 is 5.91 Å². The molecular formula is C34H34N4O3S. The molecule has 4 rings (SSSR count). The van der Waals surface area contributed by atoms with Crippen molar-refractivity contribution in [2.45, 2.75) is 18.7 Å². The molecule has 0 atom stereocenters. The molecule has 0 fully saturated rings. The number of rotatable bonds is 10. The van der Waals surface area contributed by atoms with Crippen LogP contribution in [0.3, 0.4) is 0 Å². The Morgan fingerprint density at radius 2 is 1.43 bits per heavy atom. The lowest BCUT2D eigenvalue weighted by molar-refractivity contribution is -0.114. The van der Waals surface area contributed by atoms with E-state index in [0.717, 1.165) is 27.4 Å². The molecule has 0 spiro atoms. The zero-order valence-electron chi connectivity index (χ0n) is 24.1. The summed E-state index contributed by atoms with van der Waals surface area (Å²) in [5.41, 5.74) is 5.99. The molecule has 0 aliphatic carbocycles. The Hall–Kier alpha value is -4.82. The number of benzene rings is 4. The van der Waals surface area contributed by atoms with E-state index in [-0.39, 0.29) is 23.3 Å². The first-order chi connectivity index (χ1) is 20.2. The van der Waals surface area contributed by atoms with E-state index in [2.05, 4.69) is 16.0 Å². The fraction of sp³-hybridized carbons (Fsp3) is 0.147. The third-order valence-electron chi connectivity index (χ3n) is 6.52. The molecule has 4 aromatic carbocycles. The van der Waals surface area contributed by atoms with E-state index in [4.69, 9.17) is 0 Å². The van der Waals surface area contributed by atoms with Crippen LogP contribution < -0.4 is 20.9 Å². The summed E-state index contributed by atoms with van der Waals surface area (Å²) < 4.78 is 0. The van der Waals surface area contributed by atoms with Crippen LogP contribution in [0.1, 0.15) is 27.0 Å². The maximum Gasteiger partial charge on any atom is 0.272 e. The van der Waals surface area contributed by atoms with Gasteiger partial charge in [0.2, 0.25) is 5.91 Å². The lowest BCUT2D eigenvalue weighted by Crippen LogP contribution is -2.30. The van der Waals surface area contributed by atoms with Crippen LogP contribution in [0.5, 0.6) is 0 Å². The van der Waals surface area contributed by atoms with Gasteiger partial charge in [-0.3, -0.25) is 14.4 Å². The number of nitrogens with one attached hydrogen (secondary N) is 3. The van der Waals surface area contributed by atoms with Gasteiger partial charge in [0, 0.05) is 41.6 Å². The molecular weight excluding hydrogens is 544 g/mol. The van der Waals surface area contributed by atoms with Crippen LogP contribution in [0.15, 0.2) is 108 Å². The number of nitrogens with zero attached hydrogens (tertiary/aromatic N) is 1. The molecule has 0 aliphatic heterocycles. The Kier molecular flexibility index (Phi) is 10.2. The van der Waals surface area contributed by atoms with Gasteiger partial charge < -0.3 is 20.9 Å². The Bertz CT molecular complexity index is 1580. The summed E-state index contributed by atoms with van der Waals surface area (Å²) in [5, 5.41) is 8.55. The largest absolute Gasteiger partial charge is 0.378 e. The van der Waals surface area contributed by atoms with Gasteiger partial charge in [-0.1, -0.05) is 36.4 Å². The first-order valence-electron chi connectivity index (χ1n) is 13.4. The highest BCUT2D eigenvalue weighted by Gasteiger charge is 2.15. The number of amides is 3. The number of aryl methyl sites for hydroxylation is 2. The standard InChI is InChI=1S/C34H34N4O3S/c1-23-10-13-28(20-24(23)2)35-32(39)22-42-30-18-14-27(15-19-30)36-34(41)31(37-33(40)26-8-6-5-7-9-26)21-25-11-16-29(17-12-25)38(3)4/h5-21H,22H2,1-4H3,(H,35,39)(H,36,41)(H,37,40)/b31-21-. The van der Waals surface area contributed by atoms with Crippen molar-refractivity contribution in [3.63, 3.8) is 0 Å².